The van der Waals surface area contributed by atoms with Crippen LogP contribution in [0.5, 0.6) is 0 Å². The SMILES string of the molecule is CC(C)(C)OC(=O)N1C2CCC1CC(C(=O)C/C=C/c1ccccc1)C2. The van der Waals surface area contributed by atoms with E-state index in [0.717, 1.165) is 31.2 Å². The summed E-state index contributed by atoms with van der Waals surface area (Å²) < 4.78 is 5.56. The number of nitrogens with zero attached hydrogens (tertiary/aromatic N) is 1. The van der Waals surface area contributed by atoms with Crippen LogP contribution in [0.2, 0.25) is 0 Å². The second-order valence-corrected chi connectivity index (χ2v) is 8.42. The zero-order valence-corrected chi connectivity index (χ0v) is 16.0. The highest BCUT2D eigenvalue weighted by atomic mass is 16.6. The van der Waals surface area contributed by atoms with Gasteiger partial charge in [-0.3, -0.25) is 4.79 Å². The molecule has 2 saturated heterocycles. The Morgan fingerprint density at radius 3 is 2.31 bits per heavy atom. The minimum absolute atomic E-state index is 0.0617. The van der Waals surface area contributed by atoms with Crippen molar-refractivity contribution in [3.8, 4) is 0 Å². The van der Waals surface area contributed by atoms with Crippen LogP contribution in [0.4, 0.5) is 4.79 Å². The second-order valence-electron chi connectivity index (χ2n) is 8.42. The van der Waals surface area contributed by atoms with Gasteiger partial charge in [0.25, 0.3) is 0 Å². The number of hydrogen-bond acceptors (Lipinski definition) is 3. The Kier molecular flexibility index (Phi) is 5.49. The maximum atomic E-state index is 12.6. The molecule has 0 saturated carbocycles. The van der Waals surface area contributed by atoms with Gasteiger partial charge in [-0.15, -0.1) is 0 Å². The molecule has 0 radical (unpaired) electrons. The quantitative estimate of drug-likeness (QED) is 0.776. The molecule has 2 aliphatic rings. The van der Waals surface area contributed by atoms with E-state index in [1.807, 2.05) is 68.2 Å². The lowest BCUT2D eigenvalue weighted by Gasteiger charge is -2.39. The molecule has 2 atom stereocenters. The van der Waals surface area contributed by atoms with Crippen molar-refractivity contribution in [1.29, 1.82) is 0 Å². The number of hydrogen-bond donors (Lipinski definition) is 0. The highest BCUT2D eigenvalue weighted by Gasteiger charge is 2.46. The molecule has 1 amide bonds. The van der Waals surface area contributed by atoms with Gasteiger partial charge in [-0.05, 0) is 52.0 Å². The van der Waals surface area contributed by atoms with Crippen LogP contribution in [0.3, 0.4) is 0 Å². The highest BCUT2D eigenvalue weighted by Crippen LogP contribution is 2.40. The van der Waals surface area contributed by atoms with E-state index in [4.69, 9.17) is 4.74 Å². The summed E-state index contributed by atoms with van der Waals surface area (Å²) >= 11 is 0. The molecule has 4 nitrogen and oxygen atoms in total. The molecular formula is C22H29NO3. The zero-order chi connectivity index (χ0) is 18.7. The van der Waals surface area contributed by atoms with Crippen molar-refractivity contribution < 1.29 is 14.3 Å². The number of carbonyl (C=O) groups excluding carboxylic acids is 2. The summed E-state index contributed by atoms with van der Waals surface area (Å²) in [6.45, 7) is 5.67. The summed E-state index contributed by atoms with van der Waals surface area (Å²) in [5, 5.41) is 0. The molecule has 26 heavy (non-hydrogen) atoms. The number of amides is 1. The van der Waals surface area contributed by atoms with Crippen LogP contribution in [-0.4, -0.2) is 34.5 Å². The molecule has 2 fully saturated rings. The molecule has 0 aromatic heterocycles. The fraction of sp³-hybridized carbons (Fsp3) is 0.545. The monoisotopic (exact) mass is 355 g/mol. The number of carbonyl (C=O) groups is 2. The molecule has 1 aromatic rings. The van der Waals surface area contributed by atoms with Crippen molar-refractivity contribution in [2.75, 3.05) is 0 Å². The summed E-state index contributed by atoms with van der Waals surface area (Å²) in [5.41, 5.74) is 0.630. The summed E-state index contributed by atoms with van der Waals surface area (Å²) in [5.74, 6) is 0.351. The van der Waals surface area contributed by atoms with Gasteiger partial charge in [0.05, 0.1) is 0 Å². The molecular weight excluding hydrogens is 326 g/mol. The molecule has 0 spiro atoms. The first-order chi connectivity index (χ1) is 12.3. The fourth-order valence-corrected chi connectivity index (χ4v) is 4.09. The van der Waals surface area contributed by atoms with Crippen LogP contribution in [0, 0.1) is 5.92 Å². The number of ether oxygens (including phenoxy) is 1. The van der Waals surface area contributed by atoms with Crippen molar-refractivity contribution in [2.45, 2.75) is 70.6 Å². The molecule has 1 aromatic carbocycles. The van der Waals surface area contributed by atoms with E-state index in [0.29, 0.717) is 6.42 Å². The summed E-state index contributed by atoms with van der Waals surface area (Å²) in [7, 11) is 0. The standard InChI is InChI=1S/C22H29NO3/c1-22(2,3)26-21(25)23-18-12-13-19(23)15-17(14-18)20(24)11-7-10-16-8-5-4-6-9-16/h4-10,17-19H,11-15H2,1-3H3/b10-7+. The van der Waals surface area contributed by atoms with Crippen molar-refractivity contribution in [3.05, 3.63) is 42.0 Å². The van der Waals surface area contributed by atoms with Crippen molar-refractivity contribution >= 4 is 18.0 Å². The van der Waals surface area contributed by atoms with Crippen LogP contribution >= 0.6 is 0 Å². The smallest absolute Gasteiger partial charge is 0.410 e. The van der Waals surface area contributed by atoms with Crippen LogP contribution in [0.1, 0.15) is 58.4 Å². The third-order valence-corrected chi connectivity index (χ3v) is 5.22. The van der Waals surface area contributed by atoms with E-state index in [-0.39, 0.29) is 29.9 Å². The number of benzene rings is 1. The van der Waals surface area contributed by atoms with Crippen molar-refractivity contribution in [1.82, 2.24) is 4.90 Å². The number of ketones is 1. The number of rotatable bonds is 4. The van der Waals surface area contributed by atoms with Gasteiger partial charge in [-0.2, -0.15) is 0 Å². The Morgan fingerprint density at radius 1 is 1.12 bits per heavy atom. The largest absolute Gasteiger partial charge is 0.444 e. The minimum atomic E-state index is -0.481. The van der Waals surface area contributed by atoms with Crippen LogP contribution < -0.4 is 0 Å². The highest BCUT2D eigenvalue weighted by molar-refractivity contribution is 5.83. The molecule has 4 heteroatoms. The first-order valence-electron chi connectivity index (χ1n) is 9.59. The number of fused-ring (bicyclic) bond motifs is 2. The van der Waals surface area contributed by atoms with Gasteiger partial charge in [-0.1, -0.05) is 42.5 Å². The van der Waals surface area contributed by atoms with Crippen LogP contribution in [-0.2, 0) is 9.53 Å². The Bertz CT molecular complexity index is 660. The summed E-state index contributed by atoms with van der Waals surface area (Å²) in [4.78, 5) is 27.0. The van der Waals surface area contributed by atoms with Gasteiger partial charge in [0.2, 0.25) is 0 Å². The number of Topliss-reactive ketones (excluding diaryl/α,β-unsaturated/α-hetero) is 1. The van der Waals surface area contributed by atoms with Gasteiger partial charge in [-0.25, -0.2) is 4.79 Å². The molecule has 2 heterocycles. The van der Waals surface area contributed by atoms with Gasteiger partial charge in [0.15, 0.2) is 0 Å². The van der Waals surface area contributed by atoms with Crippen LogP contribution in [0.15, 0.2) is 36.4 Å². The first kappa shape index (κ1) is 18.7. The van der Waals surface area contributed by atoms with E-state index in [2.05, 4.69) is 0 Å². The van der Waals surface area contributed by atoms with E-state index < -0.39 is 5.60 Å². The third kappa shape index (κ3) is 4.54. The fourth-order valence-electron chi connectivity index (χ4n) is 4.09. The lowest BCUT2D eigenvalue weighted by atomic mass is 9.86. The average molecular weight is 355 g/mol. The molecule has 2 bridgehead atoms. The maximum absolute atomic E-state index is 12.6. The first-order valence-corrected chi connectivity index (χ1v) is 9.59. The lowest BCUT2D eigenvalue weighted by molar-refractivity contribution is -0.124. The van der Waals surface area contributed by atoms with Crippen molar-refractivity contribution in [3.63, 3.8) is 0 Å². The Labute approximate surface area is 156 Å². The normalized spacial score (nSPS) is 25.5. The predicted molar refractivity (Wildman–Crippen MR) is 103 cm³/mol. The molecule has 0 N–H and O–H groups in total. The molecule has 140 valence electrons. The van der Waals surface area contributed by atoms with Gasteiger partial charge >= 0.3 is 6.09 Å². The topological polar surface area (TPSA) is 46.6 Å². The van der Waals surface area contributed by atoms with E-state index in [1.165, 1.54) is 0 Å². The van der Waals surface area contributed by atoms with Gasteiger partial charge in [0, 0.05) is 24.4 Å². The molecule has 2 unspecified atom stereocenters. The maximum Gasteiger partial charge on any atom is 0.410 e. The van der Waals surface area contributed by atoms with Gasteiger partial charge in [0.1, 0.15) is 11.4 Å². The lowest BCUT2D eigenvalue weighted by Crippen LogP contribution is -2.49. The third-order valence-electron chi connectivity index (χ3n) is 5.22. The Hall–Kier alpha value is -2.10. The van der Waals surface area contributed by atoms with Crippen LogP contribution in [0.25, 0.3) is 6.08 Å². The Balaban J connectivity index is 1.56. The molecule has 0 aliphatic carbocycles. The van der Waals surface area contributed by atoms with E-state index >= 15 is 0 Å². The zero-order valence-electron chi connectivity index (χ0n) is 16.0. The van der Waals surface area contributed by atoms with E-state index in [1.54, 1.807) is 0 Å². The van der Waals surface area contributed by atoms with E-state index in [9.17, 15) is 9.59 Å². The second kappa shape index (κ2) is 7.65. The van der Waals surface area contributed by atoms with Crippen molar-refractivity contribution in [2.24, 2.45) is 5.92 Å². The summed E-state index contributed by atoms with van der Waals surface area (Å²) in [6.07, 6.45) is 7.70. The molecule has 3 rings (SSSR count). The van der Waals surface area contributed by atoms with Gasteiger partial charge < -0.3 is 9.64 Å². The molecule has 2 aliphatic heterocycles. The number of piperidine rings is 1. The Morgan fingerprint density at radius 2 is 1.73 bits per heavy atom. The average Bonchev–Trinajstić information content (AvgIpc) is 2.84. The minimum Gasteiger partial charge on any atom is -0.444 e. The number of allylic oxidation sites excluding steroid dienone is 1. The predicted octanol–water partition coefficient (Wildman–Crippen LogP) is 4.84. The summed E-state index contributed by atoms with van der Waals surface area (Å²) in [6, 6.07) is 10.3.